The van der Waals surface area contributed by atoms with Crippen molar-refractivity contribution in [2.75, 3.05) is 38.0 Å². The number of rotatable bonds is 6. The molecule has 2 heterocycles. The van der Waals surface area contributed by atoms with Crippen LogP contribution in [0, 0.1) is 5.92 Å². The zero-order valence-corrected chi connectivity index (χ0v) is 17.5. The number of anilines is 1. The molecule has 2 fully saturated rings. The molecule has 0 bridgehead atoms. The Kier molecular flexibility index (Phi) is 7.49. The van der Waals surface area contributed by atoms with Crippen molar-refractivity contribution in [3.8, 4) is 0 Å². The van der Waals surface area contributed by atoms with E-state index in [9.17, 15) is 9.59 Å². The number of carbonyl (C=O) groups excluding carboxylic acids is 2. The Bertz CT molecular complexity index is 644. The molecule has 5 heteroatoms. The topological polar surface area (TPSA) is 52.7 Å². The molecule has 1 aromatic carbocycles. The molecule has 1 aromatic rings. The van der Waals surface area contributed by atoms with E-state index in [1.807, 2.05) is 12.1 Å². The largest absolute Gasteiger partial charge is 0.342 e. The van der Waals surface area contributed by atoms with Crippen molar-refractivity contribution in [3.63, 3.8) is 0 Å². The summed E-state index contributed by atoms with van der Waals surface area (Å²) in [5.74, 6) is 1.05. The monoisotopic (exact) mass is 385 g/mol. The van der Waals surface area contributed by atoms with Gasteiger partial charge in [-0.3, -0.25) is 14.5 Å². The SMILES string of the molecule is CCC(C)c1ccc(NC(=O)CN2CCC(C(=O)N3CCCCC3)CC2)cc1. The predicted octanol–water partition coefficient (Wildman–Crippen LogP) is 3.86. The van der Waals surface area contributed by atoms with Gasteiger partial charge in [-0.15, -0.1) is 0 Å². The Labute approximate surface area is 169 Å². The zero-order chi connectivity index (χ0) is 19.9. The molecule has 1 unspecified atom stereocenters. The summed E-state index contributed by atoms with van der Waals surface area (Å²) < 4.78 is 0. The summed E-state index contributed by atoms with van der Waals surface area (Å²) in [6.45, 7) is 8.30. The van der Waals surface area contributed by atoms with Crippen molar-refractivity contribution in [1.29, 1.82) is 0 Å². The molecule has 2 aliphatic heterocycles. The number of hydrogen-bond acceptors (Lipinski definition) is 3. The maximum Gasteiger partial charge on any atom is 0.238 e. The van der Waals surface area contributed by atoms with Gasteiger partial charge in [-0.2, -0.15) is 0 Å². The van der Waals surface area contributed by atoms with E-state index in [1.54, 1.807) is 0 Å². The summed E-state index contributed by atoms with van der Waals surface area (Å²) in [7, 11) is 0. The highest BCUT2D eigenvalue weighted by Gasteiger charge is 2.29. The molecule has 0 aromatic heterocycles. The average Bonchev–Trinajstić information content (AvgIpc) is 2.74. The maximum absolute atomic E-state index is 12.6. The standard InChI is InChI=1S/C23H35N3O2/c1-3-18(2)19-7-9-21(10-8-19)24-22(27)17-25-15-11-20(12-16-25)23(28)26-13-5-4-6-14-26/h7-10,18,20H,3-6,11-17H2,1-2H3,(H,24,27). The summed E-state index contributed by atoms with van der Waals surface area (Å²) in [5.41, 5.74) is 2.16. The molecule has 28 heavy (non-hydrogen) atoms. The van der Waals surface area contributed by atoms with Gasteiger partial charge in [0.1, 0.15) is 0 Å². The average molecular weight is 386 g/mol. The molecule has 0 spiro atoms. The Balaban J connectivity index is 1.41. The number of hydrogen-bond donors (Lipinski definition) is 1. The van der Waals surface area contributed by atoms with Crippen LogP contribution in [0.5, 0.6) is 0 Å². The first-order chi connectivity index (χ1) is 13.6. The number of benzene rings is 1. The van der Waals surface area contributed by atoms with Gasteiger partial charge in [0.05, 0.1) is 6.54 Å². The zero-order valence-electron chi connectivity index (χ0n) is 17.5. The van der Waals surface area contributed by atoms with E-state index >= 15 is 0 Å². The van der Waals surface area contributed by atoms with E-state index in [4.69, 9.17) is 0 Å². The van der Waals surface area contributed by atoms with Crippen molar-refractivity contribution in [2.24, 2.45) is 5.92 Å². The van der Waals surface area contributed by atoms with Crippen molar-refractivity contribution in [3.05, 3.63) is 29.8 Å². The molecule has 0 radical (unpaired) electrons. The molecule has 0 aliphatic carbocycles. The van der Waals surface area contributed by atoms with E-state index in [0.29, 0.717) is 18.4 Å². The third kappa shape index (κ3) is 5.57. The lowest BCUT2D eigenvalue weighted by molar-refractivity contribution is -0.138. The molecule has 1 N–H and O–H groups in total. The lowest BCUT2D eigenvalue weighted by Crippen LogP contribution is -2.45. The van der Waals surface area contributed by atoms with Crippen LogP contribution in [0.2, 0.25) is 0 Å². The lowest BCUT2D eigenvalue weighted by atomic mass is 9.94. The summed E-state index contributed by atoms with van der Waals surface area (Å²) >= 11 is 0. The molecule has 3 rings (SSSR count). The van der Waals surface area contributed by atoms with Crippen LogP contribution in [0.25, 0.3) is 0 Å². The van der Waals surface area contributed by atoms with E-state index in [0.717, 1.165) is 64.0 Å². The van der Waals surface area contributed by atoms with Crippen LogP contribution >= 0.6 is 0 Å². The van der Waals surface area contributed by atoms with Crippen molar-refractivity contribution < 1.29 is 9.59 Å². The van der Waals surface area contributed by atoms with Gasteiger partial charge < -0.3 is 10.2 Å². The van der Waals surface area contributed by atoms with Crippen LogP contribution in [0.1, 0.15) is 63.9 Å². The number of nitrogens with zero attached hydrogens (tertiary/aromatic N) is 2. The smallest absolute Gasteiger partial charge is 0.238 e. The van der Waals surface area contributed by atoms with Crippen molar-refractivity contribution >= 4 is 17.5 Å². The number of amides is 2. The maximum atomic E-state index is 12.6. The molecule has 2 aliphatic rings. The fourth-order valence-corrected chi connectivity index (χ4v) is 4.24. The number of likely N-dealkylation sites (tertiary alicyclic amines) is 2. The first-order valence-electron chi connectivity index (χ1n) is 11.0. The molecule has 154 valence electrons. The fourth-order valence-electron chi connectivity index (χ4n) is 4.24. The number of nitrogens with one attached hydrogen (secondary N) is 1. The third-order valence-corrected chi connectivity index (χ3v) is 6.35. The second-order valence-electron chi connectivity index (χ2n) is 8.42. The molecular formula is C23H35N3O2. The van der Waals surface area contributed by atoms with Crippen LogP contribution in [0.3, 0.4) is 0 Å². The van der Waals surface area contributed by atoms with E-state index in [1.165, 1.54) is 12.0 Å². The van der Waals surface area contributed by atoms with E-state index in [-0.39, 0.29) is 11.8 Å². The van der Waals surface area contributed by atoms with Crippen molar-refractivity contribution in [1.82, 2.24) is 9.80 Å². The Morgan fingerprint density at radius 1 is 1.04 bits per heavy atom. The van der Waals surface area contributed by atoms with Gasteiger partial charge in [0.25, 0.3) is 0 Å². The Morgan fingerprint density at radius 2 is 1.68 bits per heavy atom. The highest BCUT2D eigenvalue weighted by atomic mass is 16.2. The predicted molar refractivity (Wildman–Crippen MR) is 113 cm³/mol. The number of piperidine rings is 2. The molecule has 2 amide bonds. The first-order valence-corrected chi connectivity index (χ1v) is 11.0. The van der Waals surface area contributed by atoms with Gasteiger partial charge in [-0.25, -0.2) is 0 Å². The Hall–Kier alpha value is -1.88. The highest BCUT2D eigenvalue weighted by Crippen LogP contribution is 2.23. The molecule has 0 saturated carbocycles. The van der Waals surface area contributed by atoms with E-state index < -0.39 is 0 Å². The minimum absolute atomic E-state index is 0.0251. The Morgan fingerprint density at radius 3 is 2.29 bits per heavy atom. The van der Waals surface area contributed by atoms with Crippen LogP contribution < -0.4 is 5.32 Å². The van der Waals surface area contributed by atoms with Crippen LogP contribution in [-0.2, 0) is 9.59 Å². The van der Waals surface area contributed by atoms with Crippen LogP contribution in [0.4, 0.5) is 5.69 Å². The second kappa shape index (κ2) is 10.1. The summed E-state index contributed by atoms with van der Waals surface area (Å²) in [6.07, 6.45) is 6.38. The lowest BCUT2D eigenvalue weighted by Gasteiger charge is -2.35. The number of carbonyl (C=O) groups is 2. The van der Waals surface area contributed by atoms with Crippen molar-refractivity contribution in [2.45, 2.75) is 58.3 Å². The quantitative estimate of drug-likeness (QED) is 0.809. The molecule has 1 atom stereocenters. The van der Waals surface area contributed by atoms with Crippen LogP contribution in [0.15, 0.2) is 24.3 Å². The highest BCUT2D eigenvalue weighted by molar-refractivity contribution is 5.92. The minimum atomic E-state index is 0.0251. The minimum Gasteiger partial charge on any atom is -0.342 e. The second-order valence-corrected chi connectivity index (χ2v) is 8.42. The van der Waals surface area contributed by atoms with Gasteiger partial charge in [0.2, 0.25) is 11.8 Å². The third-order valence-electron chi connectivity index (χ3n) is 6.35. The van der Waals surface area contributed by atoms with Gasteiger partial charge in [0, 0.05) is 24.7 Å². The molecular weight excluding hydrogens is 350 g/mol. The summed E-state index contributed by atoms with van der Waals surface area (Å²) in [5, 5.41) is 3.00. The van der Waals surface area contributed by atoms with Gasteiger partial charge >= 0.3 is 0 Å². The normalized spacial score (nSPS) is 20.0. The fraction of sp³-hybridized carbons (Fsp3) is 0.652. The summed E-state index contributed by atoms with van der Waals surface area (Å²) in [6, 6.07) is 8.18. The van der Waals surface area contributed by atoms with E-state index in [2.05, 4.69) is 41.1 Å². The van der Waals surface area contributed by atoms with Gasteiger partial charge in [-0.1, -0.05) is 26.0 Å². The molecule has 2 saturated heterocycles. The first kappa shape index (κ1) is 20.8. The van der Waals surface area contributed by atoms with Gasteiger partial charge in [-0.05, 0) is 75.2 Å². The van der Waals surface area contributed by atoms with Gasteiger partial charge in [0.15, 0.2) is 0 Å². The summed E-state index contributed by atoms with van der Waals surface area (Å²) in [4.78, 5) is 29.3. The molecule has 5 nitrogen and oxygen atoms in total. The van der Waals surface area contributed by atoms with Crippen LogP contribution in [-0.4, -0.2) is 54.3 Å².